The Morgan fingerprint density at radius 1 is 1.29 bits per heavy atom. The SMILES string of the molecule is CS(=O)(=O)c1cc(NCC2(CCO)CCCCC2)ccc1[N+](=O)[O-]. The van der Waals surface area contributed by atoms with Gasteiger partial charge >= 0.3 is 0 Å². The van der Waals surface area contributed by atoms with E-state index >= 15 is 0 Å². The van der Waals surface area contributed by atoms with Gasteiger partial charge < -0.3 is 10.4 Å². The molecule has 0 aromatic heterocycles. The lowest BCUT2D eigenvalue weighted by molar-refractivity contribution is -0.387. The van der Waals surface area contributed by atoms with Crippen LogP contribution in [0.2, 0.25) is 0 Å². The number of nitro benzene ring substituents is 1. The molecule has 2 rings (SSSR count). The molecule has 2 N–H and O–H groups in total. The zero-order chi connectivity index (χ0) is 17.8. The van der Waals surface area contributed by atoms with Crippen LogP contribution in [-0.4, -0.2) is 37.9 Å². The molecular formula is C16H24N2O5S. The number of aliphatic hydroxyl groups is 1. The number of hydrogen-bond acceptors (Lipinski definition) is 6. The predicted molar refractivity (Wildman–Crippen MR) is 91.9 cm³/mol. The summed E-state index contributed by atoms with van der Waals surface area (Å²) in [7, 11) is -3.69. The Bertz CT molecular complexity index is 691. The van der Waals surface area contributed by atoms with E-state index in [2.05, 4.69) is 5.32 Å². The summed E-state index contributed by atoms with van der Waals surface area (Å²) < 4.78 is 23.6. The molecule has 0 saturated heterocycles. The molecule has 1 fully saturated rings. The number of nitro groups is 1. The summed E-state index contributed by atoms with van der Waals surface area (Å²) in [6, 6.07) is 4.07. The molecule has 1 aliphatic carbocycles. The first kappa shape index (κ1) is 18.7. The third kappa shape index (κ3) is 4.45. The van der Waals surface area contributed by atoms with Crippen molar-refractivity contribution in [2.24, 2.45) is 5.41 Å². The molecule has 134 valence electrons. The summed E-state index contributed by atoms with van der Waals surface area (Å²) in [5.74, 6) is 0. The van der Waals surface area contributed by atoms with E-state index in [0.717, 1.165) is 31.9 Å². The van der Waals surface area contributed by atoms with Crippen molar-refractivity contribution in [2.75, 3.05) is 24.7 Å². The highest BCUT2D eigenvalue weighted by atomic mass is 32.2. The van der Waals surface area contributed by atoms with Gasteiger partial charge in [0.2, 0.25) is 0 Å². The monoisotopic (exact) mass is 356 g/mol. The molecule has 8 heteroatoms. The molecule has 0 spiro atoms. The lowest BCUT2D eigenvalue weighted by Crippen LogP contribution is -2.33. The summed E-state index contributed by atoms with van der Waals surface area (Å²) in [5.41, 5.74) is 0.134. The molecule has 0 heterocycles. The Labute approximate surface area is 142 Å². The molecule has 0 radical (unpaired) electrons. The predicted octanol–water partition coefficient (Wildman–Crippen LogP) is 2.74. The molecule has 0 atom stereocenters. The van der Waals surface area contributed by atoms with Gasteiger partial charge in [0.15, 0.2) is 9.84 Å². The Morgan fingerprint density at radius 2 is 1.96 bits per heavy atom. The Kier molecular flexibility index (Phi) is 5.82. The standard InChI is InChI=1S/C16H24N2O5S/c1-24(22,23)15-11-13(5-6-14(15)18(20)21)17-12-16(9-10-19)7-3-2-4-8-16/h5-6,11,17,19H,2-4,7-10,12H2,1H3. The zero-order valence-electron chi connectivity index (χ0n) is 13.8. The fourth-order valence-corrected chi connectivity index (χ4v) is 4.28. The van der Waals surface area contributed by atoms with Crippen molar-refractivity contribution in [1.82, 2.24) is 0 Å². The maximum atomic E-state index is 11.8. The number of benzene rings is 1. The zero-order valence-corrected chi connectivity index (χ0v) is 14.6. The summed E-state index contributed by atoms with van der Waals surface area (Å²) in [6.45, 7) is 0.741. The molecule has 24 heavy (non-hydrogen) atoms. The normalized spacial score (nSPS) is 17.4. The van der Waals surface area contributed by atoms with Crippen LogP contribution in [0, 0.1) is 15.5 Å². The quantitative estimate of drug-likeness (QED) is 0.574. The van der Waals surface area contributed by atoms with Crippen molar-refractivity contribution in [3.63, 3.8) is 0 Å². The fraction of sp³-hybridized carbons (Fsp3) is 0.625. The second kappa shape index (κ2) is 7.48. The Balaban J connectivity index is 2.22. The third-order valence-corrected chi connectivity index (χ3v) is 5.91. The number of hydrogen-bond donors (Lipinski definition) is 2. The van der Waals surface area contributed by atoms with E-state index < -0.39 is 20.4 Å². The second-order valence-electron chi connectivity index (χ2n) is 6.60. The van der Waals surface area contributed by atoms with Gasteiger partial charge in [-0.25, -0.2) is 8.42 Å². The van der Waals surface area contributed by atoms with Crippen LogP contribution in [0.4, 0.5) is 11.4 Å². The van der Waals surface area contributed by atoms with Gasteiger partial charge in [-0.1, -0.05) is 19.3 Å². The van der Waals surface area contributed by atoms with Gasteiger partial charge in [-0.3, -0.25) is 10.1 Å². The van der Waals surface area contributed by atoms with Crippen LogP contribution in [-0.2, 0) is 9.84 Å². The van der Waals surface area contributed by atoms with E-state index in [4.69, 9.17) is 0 Å². The van der Waals surface area contributed by atoms with E-state index in [1.165, 1.54) is 24.6 Å². The van der Waals surface area contributed by atoms with Crippen molar-refractivity contribution in [3.05, 3.63) is 28.3 Å². The van der Waals surface area contributed by atoms with E-state index in [1.807, 2.05) is 0 Å². The van der Waals surface area contributed by atoms with Crippen LogP contribution >= 0.6 is 0 Å². The smallest absolute Gasteiger partial charge is 0.288 e. The maximum Gasteiger partial charge on any atom is 0.288 e. The number of nitrogens with one attached hydrogen (secondary N) is 1. The van der Waals surface area contributed by atoms with Gasteiger partial charge in [0.25, 0.3) is 5.69 Å². The Hall–Kier alpha value is -1.67. The summed E-state index contributed by atoms with van der Waals surface area (Å²) in [6.07, 6.45) is 7.15. The summed E-state index contributed by atoms with van der Waals surface area (Å²) in [5, 5.41) is 23.6. The number of nitrogens with zero attached hydrogens (tertiary/aromatic N) is 1. The average molecular weight is 356 g/mol. The highest BCUT2D eigenvalue weighted by Crippen LogP contribution is 2.39. The van der Waals surface area contributed by atoms with Gasteiger partial charge in [-0.05, 0) is 36.8 Å². The van der Waals surface area contributed by atoms with Crippen molar-refractivity contribution in [3.8, 4) is 0 Å². The lowest BCUT2D eigenvalue weighted by Gasteiger charge is -2.37. The van der Waals surface area contributed by atoms with Gasteiger partial charge in [-0.15, -0.1) is 0 Å². The van der Waals surface area contributed by atoms with Crippen molar-refractivity contribution >= 4 is 21.2 Å². The minimum Gasteiger partial charge on any atom is -0.396 e. The number of anilines is 1. The largest absolute Gasteiger partial charge is 0.396 e. The molecular weight excluding hydrogens is 332 g/mol. The first-order chi connectivity index (χ1) is 11.3. The van der Waals surface area contributed by atoms with Crippen LogP contribution in [0.15, 0.2) is 23.1 Å². The van der Waals surface area contributed by atoms with Gasteiger partial charge in [0.1, 0.15) is 4.90 Å². The average Bonchev–Trinajstić information content (AvgIpc) is 2.53. The minimum atomic E-state index is -3.69. The molecule has 1 aliphatic rings. The van der Waals surface area contributed by atoms with Gasteiger partial charge in [0.05, 0.1) is 4.92 Å². The van der Waals surface area contributed by atoms with Crippen LogP contribution in [0.5, 0.6) is 0 Å². The van der Waals surface area contributed by atoms with E-state index in [0.29, 0.717) is 18.7 Å². The van der Waals surface area contributed by atoms with Crippen LogP contribution in [0.25, 0.3) is 0 Å². The third-order valence-electron chi connectivity index (χ3n) is 4.78. The molecule has 0 aliphatic heterocycles. The molecule has 1 aromatic rings. The topological polar surface area (TPSA) is 110 Å². The first-order valence-corrected chi connectivity index (χ1v) is 10.00. The maximum absolute atomic E-state index is 11.8. The molecule has 7 nitrogen and oxygen atoms in total. The molecule has 1 aromatic carbocycles. The molecule has 1 saturated carbocycles. The van der Waals surface area contributed by atoms with E-state index in [9.17, 15) is 23.6 Å². The number of aliphatic hydroxyl groups excluding tert-OH is 1. The van der Waals surface area contributed by atoms with Crippen LogP contribution in [0.3, 0.4) is 0 Å². The van der Waals surface area contributed by atoms with Crippen LogP contribution in [0.1, 0.15) is 38.5 Å². The highest BCUT2D eigenvalue weighted by Gasteiger charge is 2.31. The number of rotatable bonds is 7. The number of sulfone groups is 1. The summed E-state index contributed by atoms with van der Waals surface area (Å²) in [4.78, 5) is 10.0. The van der Waals surface area contributed by atoms with E-state index in [-0.39, 0.29) is 16.9 Å². The Morgan fingerprint density at radius 3 is 2.50 bits per heavy atom. The first-order valence-electron chi connectivity index (χ1n) is 8.11. The van der Waals surface area contributed by atoms with E-state index in [1.54, 1.807) is 0 Å². The highest BCUT2D eigenvalue weighted by molar-refractivity contribution is 7.90. The summed E-state index contributed by atoms with van der Waals surface area (Å²) >= 11 is 0. The molecule has 0 amide bonds. The minimum absolute atomic E-state index is 0.0000277. The van der Waals surface area contributed by atoms with Crippen LogP contribution < -0.4 is 5.32 Å². The molecule has 0 bridgehead atoms. The van der Waals surface area contributed by atoms with Crippen molar-refractivity contribution in [2.45, 2.75) is 43.4 Å². The van der Waals surface area contributed by atoms with Gasteiger partial charge in [0, 0.05) is 31.2 Å². The van der Waals surface area contributed by atoms with Gasteiger partial charge in [-0.2, -0.15) is 0 Å². The fourth-order valence-electron chi connectivity index (χ4n) is 3.42. The lowest BCUT2D eigenvalue weighted by atomic mass is 9.72. The molecule has 0 unspecified atom stereocenters. The van der Waals surface area contributed by atoms with Crippen molar-refractivity contribution < 1.29 is 18.4 Å². The van der Waals surface area contributed by atoms with Crippen molar-refractivity contribution in [1.29, 1.82) is 0 Å². The second-order valence-corrected chi connectivity index (χ2v) is 8.58.